The fourth-order valence-corrected chi connectivity index (χ4v) is 2.98. The number of methoxy groups -OCH3 is 1. The van der Waals surface area contributed by atoms with Crippen molar-refractivity contribution >= 4 is 24.0 Å². The van der Waals surface area contributed by atoms with Gasteiger partial charge in [0.05, 0.1) is 12.1 Å². The summed E-state index contributed by atoms with van der Waals surface area (Å²) >= 11 is 6.25. The van der Waals surface area contributed by atoms with Gasteiger partial charge in [-0.15, -0.1) is 12.4 Å². The average Bonchev–Trinajstić information content (AvgIpc) is 2.58. The third-order valence-corrected chi connectivity index (χ3v) is 4.23. The molecule has 0 aliphatic carbocycles. The molecule has 1 fully saturated rings. The topological polar surface area (TPSA) is 43.4 Å². The number of nitrogens with zero attached hydrogens (tertiary/aromatic N) is 1. The Balaban J connectivity index is 0.00000192. The van der Waals surface area contributed by atoms with E-state index in [9.17, 15) is 0 Å². The van der Waals surface area contributed by atoms with E-state index in [4.69, 9.17) is 21.1 Å². The summed E-state index contributed by atoms with van der Waals surface area (Å²) in [6.07, 6.45) is 3.91. The number of ether oxygens (including phenoxy) is 2. The van der Waals surface area contributed by atoms with E-state index >= 15 is 0 Å². The van der Waals surface area contributed by atoms with Gasteiger partial charge < -0.3 is 14.8 Å². The molecule has 0 unspecified atom stereocenters. The molecule has 23 heavy (non-hydrogen) atoms. The molecular formula is C17H20Cl2N2O2. The standard InChI is InChI=1S/C17H19ClN2O2.ClH/c1-21-15-6-2-5-14(18)16(15)22-17-13(4-3-9-20-17)12-7-10-19-11-8-12;/h2-6,9,12,19H,7-8,10-11H2,1H3;1H. The Morgan fingerprint density at radius 3 is 2.70 bits per heavy atom. The van der Waals surface area contributed by atoms with Gasteiger partial charge in [-0.1, -0.05) is 23.7 Å². The number of rotatable bonds is 4. The first kappa shape index (κ1) is 17.9. The summed E-state index contributed by atoms with van der Waals surface area (Å²) in [5.74, 6) is 2.19. The highest BCUT2D eigenvalue weighted by molar-refractivity contribution is 6.32. The maximum atomic E-state index is 6.25. The minimum Gasteiger partial charge on any atom is -0.493 e. The van der Waals surface area contributed by atoms with Crippen LogP contribution in [0.5, 0.6) is 17.4 Å². The van der Waals surface area contributed by atoms with E-state index in [1.54, 1.807) is 19.4 Å². The predicted molar refractivity (Wildman–Crippen MR) is 94.4 cm³/mol. The van der Waals surface area contributed by atoms with Gasteiger partial charge in [-0.05, 0) is 50.0 Å². The molecule has 1 aliphatic rings. The monoisotopic (exact) mass is 354 g/mol. The molecule has 2 aromatic rings. The first-order chi connectivity index (χ1) is 10.8. The van der Waals surface area contributed by atoms with Gasteiger partial charge in [0.1, 0.15) is 0 Å². The minimum atomic E-state index is 0. The molecule has 1 aliphatic heterocycles. The van der Waals surface area contributed by atoms with E-state index in [0.717, 1.165) is 31.5 Å². The summed E-state index contributed by atoms with van der Waals surface area (Å²) in [6, 6.07) is 9.48. The zero-order valence-corrected chi connectivity index (χ0v) is 14.5. The number of nitrogens with one attached hydrogen (secondary N) is 1. The number of aromatic nitrogens is 1. The minimum absolute atomic E-state index is 0. The molecule has 6 heteroatoms. The summed E-state index contributed by atoms with van der Waals surface area (Å²) in [7, 11) is 1.60. The van der Waals surface area contributed by atoms with Crippen LogP contribution in [0.15, 0.2) is 36.5 Å². The molecule has 2 heterocycles. The predicted octanol–water partition coefficient (Wildman–Crippen LogP) is 4.42. The Hall–Kier alpha value is -1.49. The Morgan fingerprint density at radius 2 is 1.96 bits per heavy atom. The number of pyridine rings is 1. The molecule has 1 N–H and O–H groups in total. The lowest BCUT2D eigenvalue weighted by molar-refractivity contribution is 0.367. The Morgan fingerprint density at radius 1 is 1.17 bits per heavy atom. The normalized spacial score (nSPS) is 14.9. The van der Waals surface area contributed by atoms with Gasteiger partial charge in [0, 0.05) is 11.8 Å². The summed E-state index contributed by atoms with van der Waals surface area (Å²) in [5.41, 5.74) is 1.13. The largest absolute Gasteiger partial charge is 0.493 e. The van der Waals surface area contributed by atoms with Crippen LogP contribution in [-0.4, -0.2) is 25.2 Å². The molecule has 1 saturated heterocycles. The summed E-state index contributed by atoms with van der Waals surface area (Å²) in [4.78, 5) is 4.41. The highest BCUT2D eigenvalue weighted by Gasteiger charge is 2.21. The van der Waals surface area contributed by atoms with Crippen LogP contribution in [0.1, 0.15) is 24.3 Å². The zero-order chi connectivity index (χ0) is 15.4. The SMILES string of the molecule is COc1cccc(Cl)c1Oc1ncccc1C1CCNCC1.Cl. The zero-order valence-electron chi connectivity index (χ0n) is 12.9. The van der Waals surface area contributed by atoms with Crippen LogP contribution in [0.4, 0.5) is 0 Å². The van der Waals surface area contributed by atoms with Crippen LogP contribution >= 0.6 is 24.0 Å². The fourth-order valence-electron chi connectivity index (χ4n) is 2.78. The van der Waals surface area contributed by atoms with Crippen LogP contribution in [0.3, 0.4) is 0 Å². The van der Waals surface area contributed by atoms with Gasteiger partial charge >= 0.3 is 0 Å². The molecule has 0 amide bonds. The lowest BCUT2D eigenvalue weighted by atomic mass is 9.91. The highest BCUT2D eigenvalue weighted by Crippen LogP contribution is 2.40. The van der Waals surface area contributed by atoms with Crippen molar-refractivity contribution < 1.29 is 9.47 Å². The lowest BCUT2D eigenvalue weighted by Gasteiger charge is -2.24. The van der Waals surface area contributed by atoms with E-state index in [0.29, 0.717) is 28.3 Å². The van der Waals surface area contributed by atoms with E-state index in [2.05, 4.69) is 16.4 Å². The van der Waals surface area contributed by atoms with Crippen LogP contribution < -0.4 is 14.8 Å². The molecular weight excluding hydrogens is 335 g/mol. The van der Waals surface area contributed by atoms with Crippen LogP contribution in [-0.2, 0) is 0 Å². The van der Waals surface area contributed by atoms with Crippen LogP contribution in [0, 0.1) is 0 Å². The van der Waals surface area contributed by atoms with Gasteiger partial charge in [0.15, 0.2) is 11.5 Å². The van der Waals surface area contributed by atoms with Gasteiger partial charge in [0.2, 0.25) is 5.88 Å². The number of para-hydroxylation sites is 1. The quantitative estimate of drug-likeness (QED) is 0.882. The summed E-state index contributed by atoms with van der Waals surface area (Å²) < 4.78 is 11.4. The highest BCUT2D eigenvalue weighted by atomic mass is 35.5. The van der Waals surface area contributed by atoms with Crippen molar-refractivity contribution in [3.63, 3.8) is 0 Å². The van der Waals surface area contributed by atoms with Crippen LogP contribution in [0.25, 0.3) is 0 Å². The molecule has 1 aromatic heterocycles. The van der Waals surface area contributed by atoms with Crippen molar-refractivity contribution in [2.45, 2.75) is 18.8 Å². The maximum Gasteiger partial charge on any atom is 0.222 e. The number of halogens is 2. The second-order valence-electron chi connectivity index (χ2n) is 5.30. The molecule has 3 rings (SSSR count). The first-order valence-corrected chi connectivity index (χ1v) is 7.83. The Kier molecular flexibility index (Phi) is 6.51. The molecule has 124 valence electrons. The van der Waals surface area contributed by atoms with Gasteiger partial charge in [-0.3, -0.25) is 0 Å². The number of benzene rings is 1. The second-order valence-corrected chi connectivity index (χ2v) is 5.70. The van der Waals surface area contributed by atoms with Crippen LogP contribution in [0.2, 0.25) is 5.02 Å². The van der Waals surface area contributed by atoms with Gasteiger partial charge in [-0.2, -0.15) is 0 Å². The molecule has 0 saturated carbocycles. The Bertz CT molecular complexity index is 646. The lowest BCUT2D eigenvalue weighted by Crippen LogP contribution is -2.26. The molecule has 0 radical (unpaired) electrons. The molecule has 4 nitrogen and oxygen atoms in total. The van der Waals surface area contributed by atoms with Crippen molar-refractivity contribution in [2.24, 2.45) is 0 Å². The molecule has 0 bridgehead atoms. The fraction of sp³-hybridized carbons (Fsp3) is 0.353. The summed E-state index contributed by atoms with van der Waals surface area (Å²) in [5, 5.41) is 3.89. The number of hydrogen-bond donors (Lipinski definition) is 1. The van der Waals surface area contributed by atoms with Crippen molar-refractivity contribution in [1.82, 2.24) is 10.3 Å². The molecule has 0 spiro atoms. The van der Waals surface area contributed by atoms with Gasteiger partial charge in [-0.25, -0.2) is 4.98 Å². The number of piperidine rings is 1. The van der Waals surface area contributed by atoms with E-state index in [1.165, 1.54) is 0 Å². The van der Waals surface area contributed by atoms with Crippen molar-refractivity contribution in [1.29, 1.82) is 0 Å². The van der Waals surface area contributed by atoms with Crippen molar-refractivity contribution in [2.75, 3.05) is 20.2 Å². The maximum absolute atomic E-state index is 6.25. The smallest absolute Gasteiger partial charge is 0.222 e. The Labute approximate surface area is 147 Å². The van der Waals surface area contributed by atoms with E-state index in [1.807, 2.05) is 18.2 Å². The average molecular weight is 355 g/mol. The summed E-state index contributed by atoms with van der Waals surface area (Å²) in [6.45, 7) is 2.04. The van der Waals surface area contributed by atoms with Gasteiger partial charge in [0.25, 0.3) is 0 Å². The van der Waals surface area contributed by atoms with Crippen molar-refractivity contribution in [3.8, 4) is 17.4 Å². The van der Waals surface area contributed by atoms with E-state index in [-0.39, 0.29) is 12.4 Å². The van der Waals surface area contributed by atoms with Crippen molar-refractivity contribution in [3.05, 3.63) is 47.1 Å². The second kappa shape index (κ2) is 8.39. The third kappa shape index (κ3) is 4.08. The third-order valence-electron chi connectivity index (χ3n) is 3.93. The number of hydrogen-bond acceptors (Lipinski definition) is 4. The molecule has 1 aromatic carbocycles. The van der Waals surface area contributed by atoms with E-state index < -0.39 is 0 Å². The molecule has 0 atom stereocenters. The first-order valence-electron chi connectivity index (χ1n) is 7.45.